The zero-order valence-electron chi connectivity index (χ0n) is 22.9. The topological polar surface area (TPSA) is 80.1 Å². The molecule has 1 aliphatic heterocycles. The number of hydrogen-bond acceptors (Lipinski definition) is 7. The van der Waals surface area contributed by atoms with E-state index < -0.39 is 0 Å². The second-order valence-electron chi connectivity index (χ2n) is 10.3. The Hall–Kier alpha value is -3.26. The highest BCUT2D eigenvalue weighted by molar-refractivity contribution is 5.97. The molecule has 38 heavy (non-hydrogen) atoms. The van der Waals surface area contributed by atoms with Crippen LogP contribution in [0.15, 0.2) is 40.8 Å². The van der Waals surface area contributed by atoms with Crippen molar-refractivity contribution in [1.29, 1.82) is 0 Å². The molecular formula is C30H40N4O4. The van der Waals surface area contributed by atoms with E-state index in [0.29, 0.717) is 31.8 Å². The van der Waals surface area contributed by atoms with Crippen molar-refractivity contribution in [2.75, 3.05) is 43.2 Å². The molecule has 1 amide bonds. The number of nitrogens with one attached hydrogen (secondary N) is 1. The van der Waals surface area contributed by atoms with E-state index in [1.165, 1.54) is 0 Å². The lowest BCUT2D eigenvalue weighted by molar-refractivity contribution is -0.124. The molecule has 8 nitrogen and oxygen atoms in total. The Kier molecular flexibility index (Phi) is 8.37. The normalized spacial score (nSPS) is 16.3. The largest absolute Gasteiger partial charge is 0.493 e. The molecule has 8 heteroatoms. The number of methoxy groups -OCH3 is 1. The quantitative estimate of drug-likeness (QED) is 0.356. The lowest BCUT2D eigenvalue weighted by Crippen LogP contribution is -2.43. The van der Waals surface area contributed by atoms with Crippen molar-refractivity contribution in [3.05, 3.63) is 42.0 Å². The summed E-state index contributed by atoms with van der Waals surface area (Å²) < 4.78 is 17.7. The Morgan fingerprint density at radius 2 is 1.89 bits per heavy atom. The Morgan fingerprint density at radius 1 is 1.08 bits per heavy atom. The summed E-state index contributed by atoms with van der Waals surface area (Å²) in [5.41, 5.74) is 3.53. The van der Waals surface area contributed by atoms with Gasteiger partial charge in [0.25, 0.3) is 6.01 Å². The summed E-state index contributed by atoms with van der Waals surface area (Å²) in [6, 6.07) is 13.0. The highest BCUT2D eigenvalue weighted by Gasteiger charge is 2.31. The SMILES string of the molecule is CCCN(C(=O)C1CCC1)c1ccc2oc(N(Cc3ccc(OC)c(OCC)c3)C3CCNCC3)nc2c1. The fourth-order valence-corrected chi connectivity index (χ4v) is 5.42. The lowest BCUT2D eigenvalue weighted by atomic mass is 9.84. The first-order valence-electron chi connectivity index (χ1n) is 14.1. The van der Waals surface area contributed by atoms with Crippen LogP contribution in [0.1, 0.15) is 57.9 Å². The van der Waals surface area contributed by atoms with E-state index in [9.17, 15) is 4.79 Å². The maximum absolute atomic E-state index is 13.1. The van der Waals surface area contributed by atoms with Crippen LogP contribution in [0.4, 0.5) is 11.7 Å². The van der Waals surface area contributed by atoms with Crippen molar-refractivity contribution >= 4 is 28.7 Å². The average Bonchev–Trinajstić information content (AvgIpc) is 3.33. The first kappa shape index (κ1) is 26.4. The summed E-state index contributed by atoms with van der Waals surface area (Å²) in [5, 5.41) is 3.46. The fraction of sp³-hybridized carbons (Fsp3) is 0.533. The molecule has 0 unspecified atom stereocenters. The van der Waals surface area contributed by atoms with Crippen molar-refractivity contribution < 1.29 is 18.7 Å². The van der Waals surface area contributed by atoms with E-state index in [-0.39, 0.29) is 11.8 Å². The number of rotatable bonds is 11. The third kappa shape index (κ3) is 5.60. The van der Waals surface area contributed by atoms with Crippen molar-refractivity contribution in [1.82, 2.24) is 10.3 Å². The molecule has 2 aromatic carbocycles. The second-order valence-corrected chi connectivity index (χ2v) is 10.3. The van der Waals surface area contributed by atoms with Gasteiger partial charge in [-0.15, -0.1) is 0 Å². The number of fused-ring (bicyclic) bond motifs is 1. The standard InChI is InChI=1S/C30H40N4O4/c1-4-17-33(29(35)22-7-6-8-22)24-10-12-26-25(19-24)32-30(38-26)34(23-13-15-31-16-14-23)20-21-9-11-27(36-3)28(18-21)37-5-2/h9-12,18-19,22-23,31H,4-8,13-17,20H2,1-3H3. The van der Waals surface area contributed by atoms with Gasteiger partial charge in [-0.2, -0.15) is 4.98 Å². The molecule has 0 radical (unpaired) electrons. The molecule has 0 spiro atoms. The third-order valence-electron chi connectivity index (χ3n) is 7.72. The van der Waals surface area contributed by atoms with Gasteiger partial charge in [0.1, 0.15) is 5.52 Å². The minimum Gasteiger partial charge on any atom is -0.493 e. The molecule has 1 saturated heterocycles. The predicted octanol–water partition coefficient (Wildman–Crippen LogP) is 5.54. The molecular weight excluding hydrogens is 480 g/mol. The smallest absolute Gasteiger partial charge is 0.298 e. The molecule has 1 saturated carbocycles. The minimum absolute atomic E-state index is 0.159. The van der Waals surface area contributed by atoms with Gasteiger partial charge in [-0.05, 0) is 88.0 Å². The predicted molar refractivity (Wildman–Crippen MR) is 150 cm³/mol. The molecule has 2 aliphatic rings. The van der Waals surface area contributed by atoms with Gasteiger partial charge in [0.15, 0.2) is 17.1 Å². The number of benzene rings is 2. The number of carbonyl (C=O) groups is 1. The first-order valence-corrected chi connectivity index (χ1v) is 14.1. The van der Waals surface area contributed by atoms with Gasteiger partial charge in [-0.25, -0.2) is 0 Å². The third-order valence-corrected chi connectivity index (χ3v) is 7.72. The van der Waals surface area contributed by atoms with Crippen molar-refractivity contribution in [2.24, 2.45) is 5.92 Å². The summed E-state index contributed by atoms with van der Waals surface area (Å²) in [7, 11) is 1.66. The number of piperidine rings is 1. The molecule has 1 aromatic heterocycles. The second kappa shape index (κ2) is 12.1. The first-order chi connectivity index (χ1) is 18.6. The van der Waals surface area contributed by atoms with Crippen LogP contribution in [0, 0.1) is 5.92 Å². The Labute approximate surface area is 225 Å². The van der Waals surface area contributed by atoms with E-state index in [2.05, 4.69) is 23.2 Å². The number of hydrogen-bond donors (Lipinski definition) is 1. The number of carbonyl (C=O) groups excluding carboxylic acids is 1. The summed E-state index contributed by atoms with van der Waals surface area (Å²) in [6.45, 7) is 7.95. The van der Waals surface area contributed by atoms with Crippen LogP contribution in [0.25, 0.3) is 11.1 Å². The van der Waals surface area contributed by atoms with Gasteiger partial charge in [-0.1, -0.05) is 19.4 Å². The van der Waals surface area contributed by atoms with E-state index >= 15 is 0 Å². The van der Waals surface area contributed by atoms with Crippen LogP contribution in [0.5, 0.6) is 11.5 Å². The van der Waals surface area contributed by atoms with E-state index in [4.69, 9.17) is 18.9 Å². The van der Waals surface area contributed by atoms with Gasteiger partial charge in [0, 0.05) is 30.7 Å². The highest BCUT2D eigenvalue weighted by atomic mass is 16.5. The zero-order valence-corrected chi connectivity index (χ0v) is 22.9. The number of nitrogens with zero attached hydrogens (tertiary/aromatic N) is 3. The number of amides is 1. The highest BCUT2D eigenvalue weighted by Crippen LogP contribution is 2.34. The number of oxazole rings is 1. The van der Waals surface area contributed by atoms with Gasteiger partial charge in [0.05, 0.1) is 13.7 Å². The van der Waals surface area contributed by atoms with Crippen LogP contribution in [-0.4, -0.2) is 50.3 Å². The Morgan fingerprint density at radius 3 is 2.58 bits per heavy atom. The monoisotopic (exact) mass is 520 g/mol. The molecule has 204 valence electrons. The Bertz CT molecular complexity index is 1230. The van der Waals surface area contributed by atoms with Crippen molar-refractivity contribution in [2.45, 2.75) is 65.0 Å². The van der Waals surface area contributed by atoms with Crippen LogP contribution in [0.3, 0.4) is 0 Å². The van der Waals surface area contributed by atoms with E-state index in [1.54, 1.807) is 7.11 Å². The molecule has 3 aromatic rings. The lowest BCUT2D eigenvalue weighted by Gasteiger charge is -2.33. The van der Waals surface area contributed by atoms with Crippen LogP contribution >= 0.6 is 0 Å². The van der Waals surface area contributed by atoms with Crippen LogP contribution < -0.4 is 24.6 Å². The number of aromatic nitrogens is 1. The molecule has 2 heterocycles. The van der Waals surface area contributed by atoms with E-state index in [0.717, 1.165) is 85.5 Å². The summed E-state index contributed by atoms with van der Waals surface area (Å²) in [5.74, 6) is 1.87. The van der Waals surface area contributed by atoms with E-state index in [1.807, 2.05) is 42.2 Å². The minimum atomic E-state index is 0.159. The Balaban J connectivity index is 1.45. The molecule has 5 rings (SSSR count). The summed E-state index contributed by atoms with van der Waals surface area (Å²) in [4.78, 5) is 22.3. The number of ether oxygens (including phenoxy) is 2. The molecule has 0 atom stereocenters. The van der Waals surface area contributed by atoms with Crippen LogP contribution in [-0.2, 0) is 11.3 Å². The van der Waals surface area contributed by atoms with Gasteiger partial charge >= 0.3 is 0 Å². The zero-order chi connectivity index (χ0) is 26.5. The summed E-state index contributed by atoms with van der Waals surface area (Å²) in [6.07, 6.45) is 6.08. The molecule has 1 N–H and O–H groups in total. The van der Waals surface area contributed by atoms with Gasteiger partial charge in [0.2, 0.25) is 5.91 Å². The summed E-state index contributed by atoms with van der Waals surface area (Å²) >= 11 is 0. The van der Waals surface area contributed by atoms with Gasteiger partial charge in [-0.3, -0.25) is 4.79 Å². The van der Waals surface area contributed by atoms with Crippen molar-refractivity contribution in [3.63, 3.8) is 0 Å². The fourth-order valence-electron chi connectivity index (χ4n) is 5.42. The van der Waals surface area contributed by atoms with Gasteiger partial charge < -0.3 is 29.0 Å². The van der Waals surface area contributed by atoms with Crippen LogP contribution in [0.2, 0.25) is 0 Å². The number of anilines is 2. The average molecular weight is 521 g/mol. The van der Waals surface area contributed by atoms with Crippen molar-refractivity contribution in [3.8, 4) is 11.5 Å². The molecule has 1 aliphatic carbocycles. The molecule has 2 fully saturated rings. The maximum atomic E-state index is 13.1. The molecule has 0 bridgehead atoms. The maximum Gasteiger partial charge on any atom is 0.298 e.